The number of aryl methyl sites for hydroxylation is 1. The third-order valence-corrected chi connectivity index (χ3v) is 6.38. The molecule has 1 amide bonds. The van der Waals surface area contributed by atoms with Gasteiger partial charge in [-0.1, -0.05) is 0 Å². The van der Waals surface area contributed by atoms with Gasteiger partial charge >= 0.3 is 12.1 Å². The van der Waals surface area contributed by atoms with E-state index in [1.807, 2.05) is 46.0 Å². The Morgan fingerprint density at radius 3 is 2.51 bits per heavy atom. The third kappa shape index (κ3) is 5.56. The molecule has 0 bridgehead atoms. The lowest BCUT2D eigenvalue weighted by Gasteiger charge is -2.36. The van der Waals surface area contributed by atoms with E-state index in [-0.39, 0.29) is 18.2 Å². The van der Waals surface area contributed by atoms with Gasteiger partial charge < -0.3 is 28.7 Å². The van der Waals surface area contributed by atoms with Crippen molar-refractivity contribution >= 4 is 22.8 Å². The van der Waals surface area contributed by atoms with E-state index >= 15 is 0 Å². The fourth-order valence-electron chi connectivity index (χ4n) is 4.47. The summed E-state index contributed by atoms with van der Waals surface area (Å²) in [6.07, 6.45) is 2.45. The predicted molar refractivity (Wildman–Crippen MR) is 138 cm³/mol. The van der Waals surface area contributed by atoms with E-state index in [1.54, 1.807) is 16.7 Å². The molecular formula is C26H34N6O5. The summed E-state index contributed by atoms with van der Waals surface area (Å²) in [4.78, 5) is 25.4. The normalized spacial score (nSPS) is 18.4. The van der Waals surface area contributed by atoms with Crippen molar-refractivity contribution in [2.24, 2.45) is 0 Å². The van der Waals surface area contributed by atoms with Crippen molar-refractivity contribution in [3.8, 4) is 17.6 Å². The second-order valence-corrected chi connectivity index (χ2v) is 10.4. The Kier molecular flexibility index (Phi) is 6.80. The second-order valence-electron chi connectivity index (χ2n) is 10.4. The average molecular weight is 511 g/mol. The largest absolute Gasteiger partial charge is 0.488 e. The third-order valence-electron chi connectivity index (χ3n) is 6.38. The number of aromatic nitrogens is 4. The first-order chi connectivity index (χ1) is 17.7. The van der Waals surface area contributed by atoms with E-state index in [4.69, 9.17) is 18.9 Å². The topological polar surface area (TPSA) is 104 Å². The molecule has 37 heavy (non-hydrogen) atoms. The molecule has 4 heterocycles. The first-order valence-corrected chi connectivity index (χ1v) is 12.6. The molecule has 2 fully saturated rings. The van der Waals surface area contributed by atoms with Crippen LogP contribution in [-0.4, -0.2) is 88.9 Å². The number of ether oxygens (including phenoxy) is 4. The molecule has 0 aliphatic carbocycles. The van der Waals surface area contributed by atoms with E-state index in [2.05, 4.69) is 26.0 Å². The Hall–Kier alpha value is -3.60. The van der Waals surface area contributed by atoms with Crippen LogP contribution in [0.5, 0.6) is 11.8 Å². The molecule has 2 aliphatic heterocycles. The molecule has 2 aromatic heterocycles. The van der Waals surface area contributed by atoms with Crippen molar-refractivity contribution in [1.29, 1.82) is 0 Å². The van der Waals surface area contributed by atoms with Gasteiger partial charge in [-0.2, -0.15) is 15.1 Å². The van der Waals surface area contributed by atoms with Gasteiger partial charge in [-0.3, -0.25) is 0 Å². The summed E-state index contributed by atoms with van der Waals surface area (Å²) in [7, 11) is 1.55. The molecule has 0 radical (unpaired) electrons. The van der Waals surface area contributed by atoms with Gasteiger partial charge in [0.25, 0.3) is 0 Å². The number of piperazine rings is 1. The van der Waals surface area contributed by atoms with Gasteiger partial charge in [0.2, 0.25) is 0 Å². The minimum atomic E-state index is -0.524. The number of hydrogen-bond acceptors (Lipinski definition) is 9. The van der Waals surface area contributed by atoms with Crippen LogP contribution in [0.2, 0.25) is 0 Å². The van der Waals surface area contributed by atoms with Gasteiger partial charge in [0.1, 0.15) is 23.3 Å². The lowest BCUT2D eigenvalue weighted by atomic mass is 10.1. The Bertz CT molecular complexity index is 1270. The number of benzene rings is 1. The highest BCUT2D eigenvalue weighted by molar-refractivity contribution is 5.83. The summed E-state index contributed by atoms with van der Waals surface area (Å²) >= 11 is 0. The minimum Gasteiger partial charge on any atom is -0.488 e. The Morgan fingerprint density at radius 2 is 1.84 bits per heavy atom. The van der Waals surface area contributed by atoms with Crippen LogP contribution in [0.1, 0.15) is 32.8 Å². The number of rotatable bonds is 5. The van der Waals surface area contributed by atoms with E-state index in [9.17, 15) is 4.79 Å². The molecule has 11 heteroatoms. The molecule has 1 aromatic carbocycles. The van der Waals surface area contributed by atoms with Crippen molar-refractivity contribution < 1.29 is 23.7 Å². The SMILES string of the molecule is COc1nc(N2CCN(C(=O)OC(C)(C)C)CC2)cc(-n2ncc3cc(C)c(OC4CCOC4)cc32)n1. The number of carbonyl (C=O) groups excluding carboxylic acids is 1. The van der Waals surface area contributed by atoms with Crippen LogP contribution >= 0.6 is 0 Å². The van der Waals surface area contributed by atoms with Crippen molar-refractivity contribution in [2.75, 3.05) is 51.4 Å². The maximum atomic E-state index is 12.5. The van der Waals surface area contributed by atoms with Crippen LogP contribution in [0, 0.1) is 6.92 Å². The van der Waals surface area contributed by atoms with Gasteiger partial charge in [0.05, 0.1) is 32.0 Å². The van der Waals surface area contributed by atoms with Crippen molar-refractivity contribution in [2.45, 2.75) is 45.8 Å². The van der Waals surface area contributed by atoms with Crippen LogP contribution in [0.15, 0.2) is 24.4 Å². The van der Waals surface area contributed by atoms with Crippen molar-refractivity contribution in [1.82, 2.24) is 24.6 Å². The molecule has 2 aliphatic rings. The summed E-state index contributed by atoms with van der Waals surface area (Å²) in [5.41, 5.74) is 1.40. The van der Waals surface area contributed by atoms with Crippen molar-refractivity contribution in [3.05, 3.63) is 30.0 Å². The van der Waals surface area contributed by atoms with Gasteiger partial charge in [-0.15, -0.1) is 0 Å². The lowest BCUT2D eigenvalue weighted by Crippen LogP contribution is -2.50. The zero-order chi connectivity index (χ0) is 26.2. The maximum Gasteiger partial charge on any atom is 0.410 e. The predicted octanol–water partition coefficient (Wildman–Crippen LogP) is 3.36. The number of fused-ring (bicyclic) bond motifs is 1. The van der Waals surface area contributed by atoms with E-state index in [1.165, 1.54) is 0 Å². The minimum absolute atomic E-state index is 0.0533. The summed E-state index contributed by atoms with van der Waals surface area (Å²) in [6.45, 7) is 11.3. The molecule has 0 N–H and O–H groups in total. The van der Waals surface area contributed by atoms with Gasteiger partial charge in [-0.25, -0.2) is 9.48 Å². The zero-order valence-electron chi connectivity index (χ0n) is 22.1. The van der Waals surface area contributed by atoms with Gasteiger partial charge in [0.15, 0.2) is 5.82 Å². The number of carbonyl (C=O) groups is 1. The molecule has 2 saturated heterocycles. The highest BCUT2D eigenvalue weighted by atomic mass is 16.6. The summed E-state index contributed by atoms with van der Waals surface area (Å²) < 4.78 is 24.4. The molecule has 5 rings (SSSR count). The van der Waals surface area contributed by atoms with Crippen LogP contribution in [-0.2, 0) is 9.47 Å². The molecular weight excluding hydrogens is 476 g/mol. The molecule has 0 saturated carbocycles. The monoisotopic (exact) mass is 510 g/mol. The maximum absolute atomic E-state index is 12.5. The van der Waals surface area contributed by atoms with E-state index < -0.39 is 5.60 Å². The number of anilines is 1. The van der Waals surface area contributed by atoms with Crippen LogP contribution in [0.25, 0.3) is 16.7 Å². The van der Waals surface area contributed by atoms with Crippen molar-refractivity contribution in [3.63, 3.8) is 0 Å². The number of amides is 1. The van der Waals surface area contributed by atoms with E-state index in [0.717, 1.165) is 35.2 Å². The Labute approximate surface area is 216 Å². The standard InChI is InChI=1S/C26H34N6O5/c1-17-12-18-15-27-32(20(18)13-21(17)36-19-6-11-35-16-19)23-14-22(28-24(29-23)34-5)30-7-9-31(10-8-30)25(33)37-26(2,3)4/h12-15,19H,6-11,16H2,1-5H3. The van der Waals surface area contributed by atoms with Crippen LogP contribution < -0.4 is 14.4 Å². The quantitative estimate of drug-likeness (QED) is 0.511. The van der Waals surface area contributed by atoms with E-state index in [0.29, 0.717) is 44.4 Å². The molecule has 3 aromatic rings. The molecule has 0 spiro atoms. The molecule has 198 valence electrons. The fraction of sp³-hybridized carbons (Fsp3) is 0.538. The average Bonchev–Trinajstić information content (AvgIpc) is 3.53. The van der Waals surface area contributed by atoms with Gasteiger partial charge in [0, 0.05) is 50.1 Å². The lowest BCUT2D eigenvalue weighted by molar-refractivity contribution is 0.0240. The summed E-state index contributed by atoms with van der Waals surface area (Å²) in [5.74, 6) is 2.11. The smallest absolute Gasteiger partial charge is 0.410 e. The second kappa shape index (κ2) is 10.0. The first kappa shape index (κ1) is 25.1. The van der Waals surface area contributed by atoms with Crippen LogP contribution in [0.3, 0.4) is 0 Å². The molecule has 1 unspecified atom stereocenters. The highest BCUT2D eigenvalue weighted by Gasteiger charge is 2.27. The highest BCUT2D eigenvalue weighted by Crippen LogP contribution is 2.30. The summed E-state index contributed by atoms with van der Waals surface area (Å²) in [5, 5.41) is 5.60. The Balaban J connectivity index is 1.40. The van der Waals surface area contributed by atoms with Gasteiger partial charge in [-0.05, 0) is 39.3 Å². The number of nitrogens with zero attached hydrogens (tertiary/aromatic N) is 6. The Morgan fingerprint density at radius 1 is 1.08 bits per heavy atom. The fourth-order valence-corrected chi connectivity index (χ4v) is 4.47. The zero-order valence-corrected chi connectivity index (χ0v) is 22.1. The molecule has 1 atom stereocenters. The summed E-state index contributed by atoms with van der Waals surface area (Å²) in [6, 6.07) is 6.21. The number of methoxy groups -OCH3 is 1. The van der Waals surface area contributed by atoms with Crippen LogP contribution in [0.4, 0.5) is 10.6 Å². The molecule has 11 nitrogen and oxygen atoms in total. The number of hydrogen-bond donors (Lipinski definition) is 0. The first-order valence-electron chi connectivity index (χ1n) is 12.6.